The molecule has 0 unspecified atom stereocenters. The minimum Gasteiger partial charge on any atom is -0.336 e. The third-order valence-corrected chi connectivity index (χ3v) is 6.76. The van der Waals surface area contributed by atoms with E-state index >= 15 is 0 Å². The molecule has 0 bridgehead atoms. The number of nitrogens with zero attached hydrogens (tertiary/aromatic N) is 1. The van der Waals surface area contributed by atoms with Gasteiger partial charge in [-0.2, -0.15) is 8.42 Å². The Balaban J connectivity index is 0.000000345. The second kappa shape index (κ2) is 10.3. The number of fused-ring (bicyclic) bond motifs is 3. The Labute approximate surface area is 173 Å². The average Bonchev–Trinajstić information content (AvgIpc) is 2.99. The molecule has 5 nitrogen and oxygen atoms in total. The number of hydrogen-bond donors (Lipinski definition) is 2. The molecule has 0 radical (unpaired) electrons. The van der Waals surface area contributed by atoms with Gasteiger partial charge in [-0.05, 0) is 38.6 Å². The Kier molecular flexibility index (Phi) is 8.37. The lowest BCUT2D eigenvalue weighted by Crippen LogP contribution is -3.11. The van der Waals surface area contributed by atoms with Gasteiger partial charge in [0.15, 0.2) is 0 Å². The van der Waals surface area contributed by atoms with Crippen LogP contribution >= 0.6 is 11.8 Å². The van der Waals surface area contributed by atoms with Gasteiger partial charge in [-0.3, -0.25) is 4.55 Å². The first kappa shape index (κ1) is 22.7. The summed E-state index contributed by atoms with van der Waals surface area (Å²) in [5.41, 5.74) is 1.08. The normalized spacial score (nSPS) is 13.6. The van der Waals surface area contributed by atoms with E-state index in [0.29, 0.717) is 13.0 Å². The van der Waals surface area contributed by atoms with Crippen molar-refractivity contribution in [2.75, 3.05) is 36.8 Å². The second-order valence-electron chi connectivity index (χ2n) is 6.73. The summed E-state index contributed by atoms with van der Waals surface area (Å²) in [5.74, 6) is -0.235. The van der Waals surface area contributed by atoms with Crippen LogP contribution in [-0.4, -0.2) is 44.9 Å². The van der Waals surface area contributed by atoms with E-state index in [9.17, 15) is 8.42 Å². The van der Waals surface area contributed by atoms with E-state index in [4.69, 9.17) is 4.55 Å². The SMILES string of the molecule is C=C1Sc2ccc3ccccc3c2N1CCCS(=O)(=O)O.CC[NH+](CC)CC. The van der Waals surface area contributed by atoms with E-state index in [2.05, 4.69) is 51.6 Å². The van der Waals surface area contributed by atoms with Gasteiger partial charge in [0.05, 0.1) is 36.1 Å². The molecule has 0 amide bonds. The molecule has 2 N–H and O–H groups in total. The molecule has 2 aromatic carbocycles. The van der Waals surface area contributed by atoms with Crippen molar-refractivity contribution in [1.29, 1.82) is 0 Å². The maximum atomic E-state index is 10.9. The van der Waals surface area contributed by atoms with Gasteiger partial charge in [0.1, 0.15) is 0 Å². The standard InChI is InChI=1S/C15H15NO3S2.C6H15N/c1-11-16(9-4-10-21(17,18)19)15-13-6-3-2-5-12(13)7-8-14(15)20-11;1-4-7(5-2)6-3/h2-3,5-8H,1,4,9-10H2,(H,17,18,19);4-6H2,1-3H3/p+1. The predicted octanol–water partition coefficient (Wildman–Crippen LogP) is 3.43. The maximum absolute atomic E-state index is 10.9. The molecule has 1 aliphatic rings. The van der Waals surface area contributed by atoms with Gasteiger partial charge in [0.2, 0.25) is 0 Å². The van der Waals surface area contributed by atoms with Crippen LogP contribution in [0.3, 0.4) is 0 Å². The van der Waals surface area contributed by atoms with Gasteiger partial charge in [-0.1, -0.05) is 48.7 Å². The molecular formula is C21H31N2O3S2+. The zero-order valence-corrected chi connectivity index (χ0v) is 18.6. The highest BCUT2D eigenvalue weighted by atomic mass is 32.2. The fourth-order valence-corrected chi connectivity index (χ4v) is 4.79. The van der Waals surface area contributed by atoms with Crippen LogP contribution in [0.1, 0.15) is 27.2 Å². The van der Waals surface area contributed by atoms with E-state index in [1.807, 2.05) is 17.0 Å². The Morgan fingerprint density at radius 2 is 1.71 bits per heavy atom. The molecule has 7 heteroatoms. The molecule has 0 spiro atoms. The molecule has 0 aliphatic carbocycles. The van der Waals surface area contributed by atoms with Gasteiger partial charge in [0, 0.05) is 16.8 Å². The van der Waals surface area contributed by atoms with Crippen LogP contribution in [-0.2, 0) is 10.1 Å². The largest absolute Gasteiger partial charge is 0.336 e. The van der Waals surface area contributed by atoms with Crippen molar-refractivity contribution in [3.63, 3.8) is 0 Å². The van der Waals surface area contributed by atoms with Crippen molar-refractivity contribution in [3.05, 3.63) is 48.0 Å². The van der Waals surface area contributed by atoms with Crippen molar-refractivity contribution in [1.82, 2.24) is 0 Å². The summed E-state index contributed by atoms with van der Waals surface area (Å²) in [6.45, 7) is 15.1. The predicted molar refractivity (Wildman–Crippen MR) is 120 cm³/mol. The lowest BCUT2D eigenvalue weighted by atomic mass is 10.1. The smallest absolute Gasteiger partial charge is 0.264 e. The van der Waals surface area contributed by atoms with Crippen LogP contribution in [0, 0.1) is 0 Å². The molecule has 28 heavy (non-hydrogen) atoms. The molecule has 0 saturated heterocycles. The van der Waals surface area contributed by atoms with Gasteiger partial charge in [-0.25, -0.2) is 0 Å². The molecule has 0 aromatic heterocycles. The topological polar surface area (TPSA) is 62.0 Å². The summed E-state index contributed by atoms with van der Waals surface area (Å²) >= 11 is 1.59. The number of nitrogens with one attached hydrogen (secondary N) is 1. The third-order valence-electron chi connectivity index (χ3n) is 4.95. The van der Waals surface area contributed by atoms with Gasteiger partial charge in [-0.15, -0.1) is 0 Å². The molecule has 2 aromatic rings. The minimum atomic E-state index is -3.92. The summed E-state index contributed by atoms with van der Waals surface area (Å²) in [5, 5.41) is 3.16. The quantitative estimate of drug-likeness (QED) is 0.668. The highest BCUT2D eigenvalue weighted by molar-refractivity contribution is 8.03. The molecule has 0 atom stereocenters. The molecule has 1 aliphatic heterocycles. The number of anilines is 1. The number of hydrogen-bond acceptors (Lipinski definition) is 4. The van der Waals surface area contributed by atoms with E-state index in [0.717, 1.165) is 26.4 Å². The van der Waals surface area contributed by atoms with E-state index in [-0.39, 0.29) is 5.75 Å². The third kappa shape index (κ3) is 5.98. The fraction of sp³-hybridized carbons (Fsp3) is 0.429. The van der Waals surface area contributed by atoms with Crippen molar-refractivity contribution in [3.8, 4) is 0 Å². The van der Waals surface area contributed by atoms with Crippen LogP contribution in [0.15, 0.2) is 52.9 Å². The summed E-state index contributed by atoms with van der Waals surface area (Å²) in [7, 11) is -3.92. The summed E-state index contributed by atoms with van der Waals surface area (Å²) < 4.78 is 30.6. The number of thioether (sulfide) groups is 1. The number of rotatable bonds is 7. The summed E-state index contributed by atoms with van der Waals surface area (Å²) in [4.78, 5) is 4.85. The van der Waals surface area contributed by atoms with Crippen LogP contribution < -0.4 is 9.80 Å². The first-order valence-corrected chi connectivity index (χ1v) is 12.2. The molecular weight excluding hydrogens is 392 g/mol. The maximum Gasteiger partial charge on any atom is 0.264 e. The van der Waals surface area contributed by atoms with Gasteiger partial charge < -0.3 is 9.80 Å². The van der Waals surface area contributed by atoms with Crippen molar-refractivity contribution < 1.29 is 17.9 Å². The molecule has 0 saturated carbocycles. The molecule has 1 heterocycles. The molecule has 3 rings (SSSR count). The number of quaternary nitrogens is 1. The fourth-order valence-electron chi connectivity index (χ4n) is 3.29. The van der Waals surface area contributed by atoms with Crippen molar-refractivity contribution in [2.45, 2.75) is 32.1 Å². The van der Waals surface area contributed by atoms with Crippen LogP contribution in [0.5, 0.6) is 0 Å². The minimum absolute atomic E-state index is 0.235. The van der Waals surface area contributed by atoms with E-state index < -0.39 is 10.1 Å². The molecule has 0 fully saturated rings. The summed E-state index contributed by atoms with van der Waals surface area (Å²) in [6, 6.07) is 12.2. The Hall–Kier alpha value is -1.54. The van der Waals surface area contributed by atoms with Crippen LogP contribution in [0.25, 0.3) is 10.8 Å². The van der Waals surface area contributed by atoms with E-state index in [1.165, 1.54) is 19.6 Å². The second-order valence-corrected chi connectivity index (χ2v) is 9.42. The summed E-state index contributed by atoms with van der Waals surface area (Å²) in [6.07, 6.45) is 0.362. The van der Waals surface area contributed by atoms with E-state index in [1.54, 1.807) is 16.7 Å². The Bertz CT molecular complexity index is 903. The Morgan fingerprint density at radius 3 is 2.29 bits per heavy atom. The van der Waals surface area contributed by atoms with Gasteiger partial charge >= 0.3 is 0 Å². The van der Waals surface area contributed by atoms with Crippen LogP contribution in [0.2, 0.25) is 0 Å². The lowest BCUT2D eigenvalue weighted by Gasteiger charge is -2.20. The first-order valence-electron chi connectivity index (χ1n) is 9.75. The van der Waals surface area contributed by atoms with Crippen molar-refractivity contribution >= 4 is 38.3 Å². The van der Waals surface area contributed by atoms with Crippen LogP contribution in [0.4, 0.5) is 5.69 Å². The lowest BCUT2D eigenvalue weighted by molar-refractivity contribution is -0.894. The van der Waals surface area contributed by atoms with Gasteiger partial charge in [0.25, 0.3) is 10.1 Å². The monoisotopic (exact) mass is 423 g/mol. The average molecular weight is 424 g/mol. The highest BCUT2D eigenvalue weighted by Crippen LogP contribution is 2.48. The highest BCUT2D eigenvalue weighted by Gasteiger charge is 2.25. The van der Waals surface area contributed by atoms with Crippen molar-refractivity contribution in [2.24, 2.45) is 0 Å². The Morgan fingerprint density at radius 1 is 1.07 bits per heavy atom. The number of benzene rings is 2. The zero-order valence-electron chi connectivity index (χ0n) is 16.9. The molecule has 154 valence electrons. The first-order chi connectivity index (χ1) is 13.3. The zero-order chi connectivity index (χ0) is 20.7.